The van der Waals surface area contributed by atoms with Gasteiger partial charge in [0, 0.05) is 47.3 Å². The van der Waals surface area contributed by atoms with Crippen LogP contribution in [0.4, 0.5) is 28.4 Å². The highest BCUT2D eigenvalue weighted by atomic mass is 35.5. The molecule has 0 fully saturated rings. The minimum Gasteiger partial charge on any atom is -0.399 e. The number of rotatable bonds is 9. The lowest BCUT2D eigenvalue weighted by molar-refractivity contribution is -0.386. The van der Waals surface area contributed by atoms with Gasteiger partial charge in [0.1, 0.15) is 15.1 Å². The molecule has 0 aromatic heterocycles. The Morgan fingerprint density at radius 1 is 0.284 bits per heavy atom. The van der Waals surface area contributed by atoms with Crippen LogP contribution in [-0.4, -0.2) is 14.8 Å². The van der Waals surface area contributed by atoms with E-state index in [4.69, 9.17) is 46.3 Å². The van der Waals surface area contributed by atoms with Crippen LogP contribution in [0.2, 0.25) is 15.1 Å². The minimum absolute atomic E-state index is 0.00183. The average molecular weight is 1170 g/mol. The number of para-hydroxylation sites is 5. The second kappa shape index (κ2) is 57.1. The molecule has 8 aromatic carbocycles. The topological polar surface area (TPSA) is 181 Å². The summed E-state index contributed by atoms with van der Waals surface area (Å²) in [5.74, 6) is 0. The Morgan fingerprint density at radius 3 is 0.691 bits per heavy atom. The van der Waals surface area contributed by atoms with E-state index in [0.717, 1.165) is 39.2 Å². The summed E-state index contributed by atoms with van der Waals surface area (Å²) in [5.41, 5.74) is 17.7. The lowest BCUT2D eigenvalue weighted by Gasteiger charge is -2.08. The molecule has 0 bridgehead atoms. The van der Waals surface area contributed by atoms with Crippen molar-refractivity contribution in [2.24, 2.45) is 0 Å². The fourth-order valence-electron chi connectivity index (χ4n) is 6.09. The van der Waals surface area contributed by atoms with Gasteiger partial charge in [-0.2, -0.15) is 0 Å². The highest BCUT2D eigenvalue weighted by Crippen LogP contribution is 2.32. The van der Waals surface area contributed by atoms with Crippen molar-refractivity contribution in [2.45, 2.75) is 130 Å². The van der Waals surface area contributed by atoms with Crippen LogP contribution in [0.5, 0.6) is 0 Å². The van der Waals surface area contributed by atoms with Gasteiger partial charge in [0.15, 0.2) is 0 Å². The van der Waals surface area contributed by atoms with Crippen LogP contribution < -0.4 is 11.5 Å². The Labute approximate surface area is 501 Å². The Kier molecular flexibility index (Phi) is 58.0. The molecule has 11 nitrogen and oxygen atoms in total. The number of hydrogen-bond donors (Lipinski definition) is 2. The van der Waals surface area contributed by atoms with Crippen molar-refractivity contribution in [3.8, 4) is 0 Å². The fourth-order valence-corrected chi connectivity index (χ4v) is 6.89. The predicted octanol–water partition coefficient (Wildman–Crippen LogP) is 22.3. The number of nitro benzene ring substituents is 3. The highest BCUT2D eigenvalue weighted by Gasteiger charge is 2.20. The molecule has 0 aliphatic carbocycles. The lowest BCUT2D eigenvalue weighted by atomic mass is 9.96. The number of hydrogen-bond acceptors (Lipinski definition) is 8. The summed E-state index contributed by atoms with van der Waals surface area (Å²) in [6.07, 6.45) is 1.65. The van der Waals surface area contributed by atoms with Crippen LogP contribution in [0.1, 0.15) is 144 Å². The number of halogens is 3. The van der Waals surface area contributed by atoms with Crippen molar-refractivity contribution in [1.82, 2.24) is 0 Å². The number of nitrogens with zero attached hydrogens (tertiary/aromatic N) is 3. The molecular formula is C67H92Cl3N5O6. The standard InChI is InChI=1S/C20H17NO2.C13H10ClNO2.C6H3Cl2NO2.2C6H7N.8C2H6/c22-21(23)20-18(14-16-8-3-1-4-9-16)12-7-13-19(20)15-17-10-5-2-6-11-17;14-12-8-4-7-11(13(12)15(16)17)9-10-5-2-1-3-6-10;7-4-2-1-3-5(8)6(4)9(10)11;2*7-6-4-2-1-3-5-6;8*1-2/h1-13H,14-15H2;1-8H,9H2;1-3H;2*1-5H,7H2;8*1-2H3. The van der Waals surface area contributed by atoms with Crippen LogP contribution in [0, 0.1) is 30.3 Å². The fraction of sp³-hybridized carbons (Fsp3) is 0.284. The molecule has 0 unspecified atom stereocenters. The molecule has 442 valence electrons. The smallest absolute Gasteiger partial charge is 0.306 e. The quantitative estimate of drug-likeness (QED) is 0.0813. The van der Waals surface area contributed by atoms with E-state index in [1.54, 1.807) is 18.2 Å². The summed E-state index contributed by atoms with van der Waals surface area (Å²) < 4.78 is 0. The van der Waals surface area contributed by atoms with E-state index in [0.29, 0.717) is 24.8 Å². The maximum absolute atomic E-state index is 11.6. The van der Waals surface area contributed by atoms with Gasteiger partial charge in [-0.25, -0.2) is 0 Å². The first-order valence-corrected chi connectivity index (χ1v) is 29.0. The second-order valence-corrected chi connectivity index (χ2v) is 15.0. The first-order chi connectivity index (χ1) is 39.3. The van der Waals surface area contributed by atoms with E-state index in [2.05, 4.69) is 0 Å². The lowest BCUT2D eigenvalue weighted by Crippen LogP contribution is -2.02. The molecule has 0 aliphatic rings. The zero-order valence-electron chi connectivity index (χ0n) is 50.8. The minimum atomic E-state index is -0.606. The third-order valence-electron chi connectivity index (χ3n) is 9.07. The number of benzene rings is 8. The Balaban J connectivity index is -0.000000294. The van der Waals surface area contributed by atoms with E-state index in [1.165, 1.54) is 18.2 Å². The number of nitrogen functional groups attached to an aromatic ring is 2. The summed E-state index contributed by atoms with van der Waals surface area (Å²) in [6, 6.07) is 63.3. The molecule has 0 saturated carbocycles. The maximum Gasteiger partial charge on any atom is 0.306 e. The normalized spacial score (nSPS) is 8.48. The van der Waals surface area contributed by atoms with Gasteiger partial charge in [0.05, 0.1) is 14.8 Å². The molecular weight excluding hydrogens is 1080 g/mol. The van der Waals surface area contributed by atoms with Crippen molar-refractivity contribution >= 4 is 63.2 Å². The average Bonchev–Trinajstić information content (AvgIpc) is 3.52. The molecule has 0 atom stereocenters. The van der Waals surface area contributed by atoms with Crippen LogP contribution in [0.15, 0.2) is 206 Å². The van der Waals surface area contributed by atoms with Gasteiger partial charge in [-0.1, -0.05) is 309 Å². The molecule has 0 radical (unpaired) electrons. The largest absolute Gasteiger partial charge is 0.399 e. The Hall–Kier alpha value is -7.57. The van der Waals surface area contributed by atoms with E-state index in [1.807, 2.05) is 281 Å². The number of nitro groups is 3. The highest BCUT2D eigenvalue weighted by molar-refractivity contribution is 6.38. The molecule has 14 heteroatoms. The first-order valence-electron chi connectivity index (χ1n) is 27.8. The van der Waals surface area contributed by atoms with Gasteiger partial charge < -0.3 is 11.5 Å². The molecule has 0 aliphatic heterocycles. The van der Waals surface area contributed by atoms with Gasteiger partial charge in [-0.05, 0) is 59.2 Å². The summed E-state index contributed by atoms with van der Waals surface area (Å²) >= 11 is 16.8. The summed E-state index contributed by atoms with van der Waals surface area (Å²) in [5, 5.41) is 33.2. The van der Waals surface area contributed by atoms with E-state index in [-0.39, 0.29) is 37.1 Å². The number of nitrogens with two attached hydrogens (primary N) is 2. The zero-order chi connectivity index (χ0) is 63.0. The molecule has 8 rings (SSSR count). The van der Waals surface area contributed by atoms with Gasteiger partial charge in [-0.3, -0.25) is 30.3 Å². The van der Waals surface area contributed by atoms with Crippen molar-refractivity contribution < 1.29 is 14.8 Å². The second-order valence-electron chi connectivity index (χ2n) is 13.8. The molecule has 0 saturated heterocycles. The summed E-state index contributed by atoms with van der Waals surface area (Å²) in [7, 11) is 0. The van der Waals surface area contributed by atoms with E-state index >= 15 is 0 Å². The van der Waals surface area contributed by atoms with Gasteiger partial charge in [0.25, 0.3) is 11.4 Å². The van der Waals surface area contributed by atoms with Crippen molar-refractivity contribution in [1.29, 1.82) is 0 Å². The van der Waals surface area contributed by atoms with Gasteiger partial charge in [0.2, 0.25) is 0 Å². The Bertz CT molecular complexity index is 2610. The zero-order valence-corrected chi connectivity index (χ0v) is 53.1. The molecule has 0 spiro atoms. The molecule has 81 heavy (non-hydrogen) atoms. The van der Waals surface area contributed by atoms with Crippen molar-refractivity contribution in [3.63, 3.8) is 0 Å². The van der Waals surface area contributed by atoms with Crippen LogP contribution >= 0.6 is 34.8 Å². The first kappa shape index (κ1) is 82.3. The van der Waals surface area contributed by atoms with Crippen LogP contribution in [-0.2, 0) is 19.3 Å². The molecule has 0 amide bonds. The third-order valence-corrected chi connectivity index (χ3v) is 9.99. The van der Waals surface area contributed by atoms with Gasteiger partial charge >= 0.3 is 5.69 Å². The monoisotopic (exact) mass is 1170 g/mol. The van der Waals surface area contributed by atoms with Gasteiger partial charge in [-0.15, -0.1) is 0 Å². The molecule has 8 aromatic rings. The predicted molar refractivity (Wildman–Crippen MR) is 355 cm³/mol. The Morgan fingerprint density at radius 2 is 0.481 bits per heavy atom. The number of anilines is 2. The molecule has 4 N–H and O–H groups in total. The molecule has 0 heterocycles. The summed E-state index contributed by atoms with van der Waals surface area (Å²) in [4.78, 5) is 31.6. The van der Waals surface area contributed by atoms with E-state index < -0.39 is 9.85 Å². The van der Waals surface area contributed by atoms with Crippen LogP contribution in [0.3, 0.4) is 0 Å². The SMILES string of the molecule is CC.CC.CC.CC.CC.CC.CC.CC.Nc1ccccc1.Nc1ccccc1.O=[N+]([O-])c1c(Cc2ccccc2)cccc1Cc1ccccc1.O=[N+]([O-])c1c(Cl)cccc1Cc1ccccc1.O=[N+]([O-])c1c(Cl)cccc1Cl. The van der Waals surface area contributed by atoms with Crippen LogP contribution in [0.25, 0.3) is 0 Å². The van der Waals surface area contributed by atoms with Crippen molar-refractivity contribution in [3.05, 3.63) is 285 Å². The summed E-state index contributed by atoms with van der Waals surface area (Å²) in [6.45, 7) is 32.0. The third kappa shape index (κ3) is 37.1. The van der Waals surface area contributed by atoms with Crippen molar-refractivity contribution in [2.75, 3.05) is 11.5 Å². The van der Waals surface area contributed by atoms with E-state index in [9.17, 15) is 30.3 Å². The maximum atomic E-state index is 11.6.